The normalized spacial score (nSPS) is 10.9. The summed E-state index contributed by atoms with van der Waals surface area (Å²) in [6.45, 7) is 4.06. The predicted octanol–water partition coefficient (Wildman–Crippen LogP) is 4.74. The molecule has 0 fully saturated rings. The van der Waals surface area contributed by atoms with Crippen LogP contribution in [0.1, 0.15) is 22.5 Å². The molecule has 8 heteroatoms. The Morgan fingerprint density at radius 2 is 1.83 bits per heavy atom. The number of benzene rings is 2. The van der Waals surface area contributed by atoms with Crippen LogP contribution in [-0.4, -0.2) is 26.4 Å². The van der Waals surface area contributed by atoms with Crippen LogP contribution in [0.15, 0.2) is 47.6 Å². The van der Waals surface area contributed by atoms with Crippen molar-refractivity contribution < 1.29 is 9.18 Å². The Kier molecular flexibility index (Phi) is 7.33. The van der Waals surface area contributed by atoms with E-state index in [9.17, 15) is 9.18 Å². The minimum atomic E-state index is -0.227. The first-order chi connectivity index (χ1) is 13.9. The summed E-state index contributed by atoms with van der Waals surface area (Å²) in [5.41, 5.74) is 4.21. The minimum Gasteiger partial charge on any atom is -0.325 e. The third-order valence-corrected chi connectivity index (χ3v) is 6.48. The van der Waals surface area contributed by atoms with Gasteiger partial charge in [-0.15, -0.1) is 22.0 Å². The summed E-state index contributed by atoms with van der Waals surface area (Å²) in [6, 6.07) is 12.4. The van der Waals surface area contributed by atoms with Crippen LogP contribution in [0.2, 0.25) is 0 Å². The van der Waals surface area contributed by atoms with Gasteiger partial charge in [-0.3, -0.25) is 4.79 Å². The molecule has 152 valence electrons. The molecule has 3 aromatic rings. The van der Waals surface area contributed by atoms with E-state index >= 15 is 0 Å². The molecule has 29 heavy (non-hydrogen) atoms. The van der Waals surface area contributed by atoms with Gasteiger partial charge in [0.15, 0.2) is 5.16 Å². The largest absolute Gasteiger partial charge is 0.325 e. The molecule has 1 heterocycles. The lowest BCUT2D eigenvalue weighted by Gasteiger charge is -2.08. The summed E-state index contributed by atoms with van der Waals surface area (Å²) < 4.78 is 14.9. The topological polar surface area (TPSA) is 59.8 Å². The second-order valence-corrected chi connectivity index (χ2v) is 8.64. The minimum absolute atomic E-state index is 0.0755. The van der Waals surface area contributed by atoms with Crippen molar-refractivity contribution in [1.82, 2.24) is 14.8 Å². The highest BCUT2D eigenvalue weighted by molar-refractivity contribution is 7.99. The molecule has 0 atom stereocenters. The lowest BCUT2D eigenvalue weighted by Crippen LogP contribution is -2.14. The quantitative estimate of drug-likeness (QED) is 0.523. The molecular weight excluding hydrogens is 407 g/mol. The summed E-state index contributed by atoms with van der Waals surface area (Å²) in [5, 5.41) is 12.0. The first-order valence-corrected chi connectivity index (χ1v) is 11.3. The van der Waals surface area contributed by atoms with Gasteiger partial charge in [0.05, 0.1) is 11.5 Å². The van der Waals surface area contributed by atoms with Crippen LogP contribution in [0.5, 0.6) is 0 Å². The molecule has 0 unspecified atom stereocenters. The number of amides is 1. The average Bonchev–Trinajstić information content (AvgIpc) is 3.04. The number of aryl methyl sites for hydroxylation is 2. The van der Waals surface area contributed by atoms with Gasteiger partial charge in [-0.1, -0.05) is 30.0 Å². The Labute approximate surface area is 178 Å². The van der Waals surface area contributed by atoms with Gasteiger partial charge >= 0.3 is 0 Å². The maximum absolute atomic E-state index is 13.0. The highest BCUT2D eigenvalue weighted by Crippen LogP contribution is 2.21. The van der Waals surface area contributed by atoms with Crippen LogP contribution in [-0.2, 0) is 23.3 Å². The van der Waals surface area contributed by atoms with E-state index in [-0.39, 0.29) is 17.5 Å². The second kappa shape index (κ2) is 9.93. The summed E-state index contributed by atoms with van der Waals surface area (Å²) in [4.78, 5) is 12.2. The summed E-state index contributed by atoms with van der Waals surface area (Å²) in [7, 11) is 1.90. The van der Waals surface area contributed by atoms with E-state index in [4.69, 9.17) is 0 Å². The highest BCUT2D eigenvalue weighted by Gasteiger charge is 2.12. The van der Waals surface area contributed by atoms with E-state index in [0.717, 1.165) is 28.4 Å². The van der Waals surface area contributed by atoms with Crippen molar-refractivity contribution in [2.24, 2.45) is 7.05 Å². The van der Waals surface area contributed by atoms with Gasteiger partial charge in [-0.25, -0.2) is 4.39 Å². The van der Waals surface area contributed by atoms with Crippen LogP contribution in [0, 0.1) is 19.7 Å². The van der Waals surface area contributed by atoms with Crippen molar-refractivity contribution in [2.45, 2.75) is 30.5 Å². The van der Waals surface area contributed by atoms with E-state index in [1.807, 2.05) is 43.7 Å². The summed E-state index contributed by atoms with van der Waals surface area (Å²) >= 11 is 3.05. The first kappa shape index (κ1) is 21.4. The predicted molar refractivity (Wildman–Crippen MR) is 118 cm³/mol. The third kappa shape index (κ3) is 6.08. The number of rotatable bonds is 8. The Hall–Kier alpha value is -2.32. The highest BCUT2D eigenvalue weighted by atomic mass is 32.2. The molecule has 0 radical (unpaired) electrons. The number of hydrogen-bond acceptors (Lipinski definition) is 5. The van der Waals surface area contributed by atoms with Gasteiger partial charge in [0.1, 0.15) is 11.6 Å². The zero-order chi connectivity index (χ0) is 20.8. The van der Waals surface area contributed by atoms with Crippen molar-refractivity contribution in [1.29, 1.82) is 0 Å². The van der Waals surface area contributed by atoms with Crippen LogP contribution in [0.3, 0.4) is 0 Å². The molecule has 0 saturated carbocycles. The van der Waals surface area contributed by atoms with Gasteiger partial charge in [0.2, 0.25) is 5.91 Å². The van der Waals surface area contributed by atoms with Gasteiger partial charge in [-0.2, -0.15) is 0 Å². The van der Waals surface area contributed by atoms with Crippen LogP contribution < -0.4 is 5.32 Å². The fourth-order valence-electron chi connectivity index (χ4n) is 2.58. The van der Waals surface area contributed by atoms with Crippen LogP contribution in [0.4, 0.5) is 10.1 Å². The fourth-order valence-corrected chi connectivity index (χ4v) is 4.28. The van der Waals surface area contributed by atoms with Crippen molar-refractivity contribution in [3.63, 3.8) is 0 Å². The number of anilines is 1. The Morgan fingerprint density at radius 1 is 1.07 bits per heavy atom. The van der Waals surface area contributed by atoms with Crippen molar-refractivity contribution in [3.8, 4) is 0 Å². The van der Waals surface area contributed by atoms with Crippen molar-refractivity contribution >= 4 is 35.1 Å². The van der Waals surface area contributed by atoms with Crippen LogP contribution >= 0.6 is 23.5 Å². The Balaban J connectivity index is 1.47. The van der Waals surface area contributed by atoms with Gasteiger partial charge < -0.3 is 9.88 Å². The van der Waals surface area contributed by atoms with E-state index in [0.29, 0.717) is 10.9 Å². The number of hydrogen-bond donors (Lipinski definition) is 1. The second-order valence-electron chi connectivity index (χ2n) is 6.71. The molecular formula is C21H23FN4OS2. The number of nitrogens with one attached hydrogen (secondary N) is 1. The van der Waals surface area contributed by atoms with Crippen molar-refractivity contribution in [3.05, 3.63) is 70.8 Å². The zero-order valence-corrected chi connectivity index (χ0v) is 18.2. The maximum atomic E-state index is 13.0. The molecule has 0 aliphatic heterocycles. The van der Waals surface area contributed by atoms with Gasteiger partial charge in [0.25, 0.3) is 0 Å². The SMILES string of the molecule is Cc1ccc(NC(=O)CSc2nnc(CSCc3ccc(F)cc3)n2C)cc1C. The monoisotopic (exact) mass is 430 g/mol. The number of carbonyl (C=O) groups excluding carboxylic acids is 1. The molecule has 1 aromatic heterocycles. The Morgan fingerprint density at radius 3 is 2.55 bits per heavy atom. The van der Waals surface area contributed by atoms with E-state index in [1.165, 1.54) is 29.5 Å². The summed E-state index contributed by atoms with van der Waals surface area (Å²) in [5.74, 6) is 2.27. The maximum Gasteiger partial charge on any atom is 0.234 e. The number of nitrogens with zero attached hydrogens (tertiary/aromatic N) is 3. The standard InChI is InChI=1S/C21H23FN4OS2/c1-14-4-9-18(10-15(14)2)23-20(27)13-29-21-25-24-19(26(21)3)12-28-11-16-5-7-17(22)8-6-16/h4-10H,11-13H2,1-3H3,(H,23,27). The fraction of sp³-hybridized carbons (Fsp3) is 0.286. The lowest BCUT2D eigenvalue weighted by molar-refractivity contribution is -0.113. The number of carbonyl (C=O) groups is 1. The molecule has 1 N–H and O–H groups in total. The molecule has 0 aliphatic rings. The summed E-state index contributed by atoms with van der Waals surface area (Å²) in [6.07, 6.45) is 0. The number of thioether (sulfide) groups is 2. The molecule has 1 amide bonds. The zero-order valence-electron chi connectivity index (χ0n) is 16.6. The van der Waals surface area contributed by atoms with Crippen molar-refractivity contribution in [2.75, 3.05) is 11.1 Å². The third-order valence-electron chi connectivity index (χ3n) is 4.46. The Bertz CT molecular complexity index is 989. The van der Waals surface area contributed by atoms with Crippen LogP contribution in [0.25, 0.3) is 0 Å². The smallest absolute Gasteiger partial charge is 0.234 e. The average molecular weight is 431 g/mol. The van der Waals surface area contributed by atoms with Gasteiger partial charge in [0, 0.05) is 18.5 Å². The van der Waals surface area contributed by atoms with E-state index < -0.39 is 0 Å². The molecule has 0 aliphatic carbocycles. The molecule has 5 nitrogen and oxygen atoms in total. The first-order valence-electron chi connectivity index (χ1n) is 9.12. The van der Waals surface area contributed by atoms with Gasteiger partial charge in [-0.05, 0) is 54.8 Å². The lowest BCUT2D eigenvalue weighted by atomic mass is 10.1. The molecule has 0 saturated heterocycles. The number of aromatic nitrogens is 3. The molecule has 0 bridgehead atoms. The number of halogens is 1. The van der Waals surface area contributed by atoms with E-state index in [2.05, 4.69) is 15.5 Å². The molecule has 0 spiro atoms. The van der Waals surface area contributed by atoms with E-state index in [1.54, 1.807) is 23.9 Å². The molecule has 2 aromatic carbocycles. The molecule has 3 rings (SSSR count).